The average Bonchev–Trinajstić information content (AvgIpc) is 2.79. The van der Waals surface area contributed by atoms with Gasteiger partial charge in [0.25, 0.3) is 5.91 Å². The lowest BCUT2D eigenvalue weighted by Gasteiger charge is -2.30. The Hall–Kier alpha value is -1.84. The van der Waals surface area contributed by atoms with E-state index < -0.39 is 0 Å². The van der Waals surface area contributed by atoms with Crippen molar-refractivity contribution in [2.45, 2.75) is 19.8 Å². The van der Waals surface area contributed by atoms with Crippen LogP contribution in [0, 0.1) is 5.92 Å². The summed E-state index contributed by atoms with van der Waals surface area (Å²) >= 11 is 0. The molecule has 0 bridgehead atoms. The summed E-state index contributed by atoms with van der Waals surface area (Å²) in [6.45, 7) is 3.94. The number of nitrogens with zero attached hydrogens (tertiary/aromatic N) is 3. The van der Waals surface area contributed by atoms with E-state index in [0.717, 1.165) is 30.5 Å². The molecular weight excluding hydrogens is 238 g/mol. The highest BCUT2D eigenvalue weighted by atomic mass is 16.2. The van der Waals surface area contributed by atoms with Gasteiger partial charge in [0.15, 0.2) is 0 Å². The van der Waals surface area contributed by atoms with Crippen LogP contribution in [0.1, 0.15) is 30.1 Å². The van der Waals surface area contributed by atoms with Crippen LogP contribution in [0.2, 0.25) is 0 Å². The first-order valence-electron chi connectivity index (χ1n) is 6.85. The number of hydrogen-bond donors (Lipinski definition) is 0. The van der Waals surface area contributed by atoms with Crippen LogP contribution in [0.4, 0.5) is 0 Å². The first-order valence-corrected chi connectivity index (χ1v) is 6.85. The zero-order valence-corrected chi connectivity index (χ0v) is 11.5. The van der Waals surface area contributed by atoms with E-state index in [1.54, 1.807) is 6.20 Å². The highest BCUT2D eigenvalue weighted by Gasteiger charge is 2.22. The molecule has 1 aliphatic rings. The van der Waals surface area contributed by atoms with Gasteiger partial charge in [0.2, 0.25) is 0 Å². The molecule has 0 aromatic carbocycles. The zero-order chi connectivity index (χ0) is 13.4. The first-order chi connectivity index (χ1) is 9.15. The van der Waals surface area contributed by atoms with Crippen molar-refractivity contribution >= 4 is 16.9 Å². The third-order valence-electron chi connectivity index (χ3n) is 3.90. The topological polar surface area (TPSA) is 38.1 Å². The minimum Gasteiger partial charge on any atom is -0.338 e. The second-order valence-electron chi connectivity index (χ2n) is 5.56. The summed E-state index contributed by atoms with van der Waals surface area (Å²) < 4.78 is 1.96. The minimum absolute atomic E-state index is 0.116. The van der Waals surface area contributed by atoms with Crippen molar-refractivity contribution in [3.63, 3.8) is 0 Å². The molecule has 2 aromatic heterocycles. The molecule has 0 N–H and O–H groups in total. The number of pyridine rings is 1. The van der Waals surface area contributed by atoms with E-state index in [0.29, 0.717) is 11.5 Å². The molecule has 1 fully saturated rings. The fourth-order valence-corrected chi connectivity index (χ4v) is 2.83. The van der Waals surface area contributed by atoms with Gasteiger partial charge in [-0.25, -0.2) is 4.98 Å². The highest BCUT2D eigenvalue weighted by molar-refractivity contribution is 5.97. The SMILES string of the molecule is C[C@H]1CCCN(C(=O)c2cnc3c(ccn3C)c2)C1. The van der Waals surface area contributed by atoms with E-state index in [1.165, 1.54) is 6.42 Å². The van der Waals surface area contributed by atoms with E-state index in [1.807, 2.05) is 34.8 Å². The number of aryl methyl sites for hydroxylation is 1. The van der Waals surface area contributed by atoms with Crippen LogP contribution in [0.3, 0.4) is 0 Å². The Morgan fingerprint density at radius 1 is 1.47 bits per heavy atom. The zero-order valence-electron chi connectivity index (χ0n) is 11.5. The lowest BCUT2D eigenvalue weighted by molar-refractivity contribution is 0.0683. The number of carbonyl (C=O) groups is 1. The molecule has 100 valence electrons. The number of hydrogen-bond acceptors (Lipinski definition) is 2. The second kappa shape index (κ2) is 4.68. The molecule has 1 aliphatic heterocycles. The Bertz CT molecular complexity index is 617. The molecule has 19 heavy (non-hydrogen) atoms. The van der Waals surface area contributed by atoms with Crippen molar-refractivity contribution in [1.82, 2.24) is 14.5 Å². The van der Waals surface area contributed by atoms with Gasteiger partial charge >= 0.3 is 0 Å². The summed E-state index contributed by atoms with van der Waals surface area (Å²) in [7, 11) is 1.96. The number of piperidine rings is 1. The largest absolute Gasteiger partial charge is 0.338 e. The van der Waals surface area contributed by atoms with E-state index in [9.17, 15) is 4.79 Å². The monoisotopic (exact) mass is 257 g/mol. The van der Waals surface area contributed by atoms with E-state index in [4.69, 9.17) is 0 Å². The lowest BCUT2D eigenvalue weighted by Crippen LogP contribution is -2.39. The number of aromatic nitrogens is 2. The third-order valence-corrected chi connectivity index (χ3v) is 3.90. The summed E-state index contributed by atoms with van der Waals surface area (Å²) in [5, 5.41) is 1.03. The van der Waals surface area contributed by atoms with Crippen LogP contribution in [0.15, 0.2) is 24.5 Å². The molecule has 3 rings (SSSR count). The average molecular weight is 257 g/mol. The van der Waals surface area contributed by atoms with Crippen LogP contribution < -0.4 is 0 Å². The summed E-state index contributed by atoms with van der Waals surface area (Å²) in [4.78, 5) is 18.8. The Morgan fingerprint density at radius 2 is 2.32 bits per heavy atom. The van der Waals surface area contributed by atoms with Gasteiger partial charge in [-0.05, 0) is 30.9 Å². The highest BCUT2D eigenvalue weighted by Crippen LogP contribution is 2.19. The minimum atomic E-state index is 0.116. The van der Waals surface area contributed by atoms with Crippen molar-refractivity contribution < 1.29 is 4.79 Å². The van der Waals surface area contributed by atoms with Crippen molar-refractivity contribution in [2.24, 2.45) is 13.0 Å². The molecule has 0 unspecified atom stereocenters. The fraction of sp³-hybridized carbons (Fsp3) is 0.467. The summed E-state index contributed by atoms with van der Waals surface area (Å²) in [5.41, 5.74) is 1.62. The maximum absolute atomic E-state index is 12.5. The van der Waals surface area contributed by atoms with Crippen molar-refractivity contribution in [1.29, 1.82) is 0 Å². The first kappa shape index (κ1) is 12.2. The summed E-state index contributed by atoms with van der Waals surface area (Å²) in [6.07, 6.45) is 5.99. The molecular formula is C15H19N3O. The maximum atomic E-state index is 12.5. The van der Waals surface area contributed by atoms with E-state index in [-0.39, 0.29) is 5.91 Å². The smallest absolute Gasteiger partial charge is 0.255 e. The molecule has 3 heterocycles. The number of fused-ring (bicyclic) bond motifs is 1. The number of likely N-dealkylation sites (tertiary alicyclic amines) is 1. The number of rotatable bonds is 1. The predicted molar refractivity (Wildman–Crippen MR) is 75.0 cm³/mol. The van der Waals surface area contributed by atoms with Crippen molar-refractivity contribution in [3.8, 4) is 0 Å². The molecule has 0 aliphatic carbocycles. The van der Waals surface area contributed by atoms with Crippen molar-refractivity contribution in [3.05, 3.63) is 30.1 Å². The van der Waals surface area contributed by atoms with Crippen LogP contribution >= 0.6 is 0 Å². The van der Waals surface area contributed by atoms with Gasteiger partial charge in [0, 0.05) is 37.9 Å². The molecule has 0 saturated carbocycles. The molecule has 0 spiro atoms. The van der Waals surface area contributed by atoms with Gasteiger partial charge in [-0.2, -0.15) is 0 Å². The Morgan fingerprint density at radius 3 is 3.11 bits per heavy atom. The standard InChI is InChI=1S/C15H19N3O/c1-11-4-3-6-18(10-11)15(19)13-8-12-5-7-17(2)14(12)16-9-13/h5,7-9,11H,3-4,6,10H2,1-2H3/t11-/m0/s1. The van der Waals surface area contributed by atoms with Gasteiger partial charge < -0.3 is 9.47 Å². The molecule has 4 nitrogen and oxygen atoms in total. The third kappa shape index (κ3) is 2.23. The lowest BCUT2D eigenvalue weighted by atomic mass is 9.99. The van der Waals surface area contributed by atoms with Gasteiger partial charge in [-0.1, -0.05) is 6.92 Å². The van der Waals surface area contributed by atoms with E-state index >= 15 is 0 Å². The van der Waals surface area contributed by atoms with Crippen LogP contribution in [-0.4, -0.2) is 33.4 Å². The molecule has 1 saturated heterocycles. The maximum Gasteiger partial charge on any atom is 0.255 e. The van der Waals surface area contributed by atoms with Crippen LogP contribution in [0.5, 0.6) is 0 Å². The molecule has 1 amide bonds. The Kier molecular flexibility index (Phi) is 3.01. The second-order valence-corrected chi connectivity index (χ2v) is 5.56. The summed E-state index contributed by atoms with van der Waals surface area (Å²) in [5.74, 6) is 0.718. The quantitative estimate of drug-likeness (QED) is 0.787. The van der Waals surface area contributed by atoms with Gasteiger partial charge in [-0.3, -0.25) is 4.79 Å². The molecule has 4 heteroatoms. The number of carbonyl (C=O) groups excluding carboxylic acids is 1. The van der Waals surface area contributed by atoms with Gasteiger partial charge in [-0.15, -0.1) is 0 Å². The molecule has 0 radical (unpaired) electrons. The molecule has 2 aromatic rings. The summed E-state index contributed by atoms with van der Waals surface area (Å²) in [6, 6.07) is 3.95. The van der Waals surface area contributed by atoms with Gasteiger partial charge in [0.05, 0.1) is 5.56 Å². The predicted octanol–water partition coefficient (Wildman–Crippen LogP) is 2.45. The molecule has 1 atom stereocenters. The van der Waals surface area contributed by atoms with Gasteiger partial charge in [0.1, 0.15) is 5.65 Å². The van der Waals surface area contributed by atoms with Crippen LogP contribution in [-0.2, 0) is 7.05 Å². The normalized spacial score (nSPS) is 19.9. The van der Waals surface area contributed by atoms with Crippen molar-refractivity contribution in [2.75, 3.05) is 13.1 Å². The fourth-order valence-electron chi connectivity index (χ4n) is 2.83. The Labute approximate surface area is 113 Å². The Balaban J connectivity index is 1.88. The number of amides is 1. The van der Waals surface area contributed by atoms with E-state index in [2.05, 4.69) is 11.9 Å². The van der Waals surface area contributed by atoms with Crippen LogP contribution in [0.25, 0.3) is 11.0 Å².